The van der Waals surface area contributed by atoms with Crippen molar-refractivity contribution in [2.45, 2.75) is 0 Å². The molecule has 0 aromatic heterocycles. The van der Waals surface area contributed by atoms with Crippen LogP contribution in [0.15, 0.2) is 66.7 Å². The van der Waals surface area contributed by atoms with Crippen LogP contribution in [0.5, 0.6) is 11.5 Å². The summed E-state index contributed by atoms with van der Waals surface area (Å²) in [5.41, 5.74) is 2.61. The zero-order valence-electron chi connectivity index (χ0n) is 15.7. The molecule has 0 fully saturated rings. The van der Waals surface area contributed by atoms with Crippen LogP contribution in [-0.4, -0.2) is 14.2 Å². The molecule has 0 aliphatic rings. The van der Waals surface area contributed by atoms with Gasteiger partial charge in [0.2, 0.25) is 0 Å². The fourth-order valence-corrected chi connectivity index (χ4v) is 3.54. The van der Waals surface area contributed by atoms with Gasteiger partial charge in [0, 0.05) is 38.2 Å². The SMILES string of the molecule is C#Cc1c2cccc(OC)c2c(C#Cc2ccccc2)c2cccc(OC)c12. The summed E-state index contributed by atoms with van der Waals surface area (Å²) in [6.07, 6.45) is 5.93. The van der Waals surface area contributed by atoms with E-state index in [1.54, 1.807) is 14.2 Å². The zero-order chi connectivity index (χ0) is 19.5. The Balaban J connectivity index is 2.20. The zero-order valence-corrected chi connectivity index (χ0v) is 15.7. The summed E-state index contributed by atoms with van der Waals surface area (Å²) in [5, 5.41) is 3.69. The molecular weight excluding hydrogens is 344 g/mol. The second-order valence-corrected chi connectivity index (χ2v) is 6.28. The monoisotopic (exact) mass is 362 g/mol. The van der Waals surface area contributed by atoms with Gasteiger partial charge in [-0.15, -0.1) is 6.42 Å². The molecule has 0 radical (unpaired) electrons. The maximum absolute atomic E-state index is 5.93. The van der Waals surface area contributed by atoms with Crippen molar-refractivity contribution in [2.75, 3.05) is 14.2 Å². The molecular formula is C26H18O2. The first-order chi connectivity index (χ1) is 13.8. The Bertz CT molecular complexity index is 1280. The third-order valence-corrected chi connectivity index (χ3v) is 4.78. The molecule has 0 atom stereocenters. The van der Waals surface area contributed by atoms with Crippen molar-refractivity contribution in [3.63, 3.8) is 0 Å². The summed E-state index contributed by atoms with van der Waals surface area (Å²) in [6, 6.07) is 21.7. The number of methoxy groups -OCH3 is 2. The van der Waals surface area contributed by atoms with E-state index in [9.17, 15) is 0 Å². The lowest BCUT2D eigenvalue weighted by atomic mass is 9.91. The second kappa shape index (κ2) is 7.39. The largest absolute Gasteiger partial charge is 0.496 e. The molecule has 2 heteroatoms. The average molecular weight is 362 g/mol. The maximum atomic E-state index is 5.93. The summed E-state index contributed by atoms with van der Waals surface area (Å²) >= 11 is 0. The lowest BCUT2D eigenvalue weighted by Crippen LogP contribution is -1.96. The molecule has 134 valence electrons. The minimum atomic E-state index is 0.734. The molecule has 28 heavy (non-hydrogen) atoms. The van der Waals surface area contributed by atoms with Gasteiger partial charge in [0.25, 0.3) is 0 Å². The van der Waals surface area contributed by atoms with Gasteiger partial charge in [-0.3, -0.25) is 0 Å². The van der Waals surface area contributed by atoms with Crippen LogP contribution in [-0.2, 0) is 0 Å². The molecule has 0 saturated carbocycles. The first-order valence-electron chi connectivity index (χ1n) is 8.91. The van der Waals surface area contributed by atoms with Crippen molar-refractivity contribution in [3.8, 4) is 35.7 Å². The van der Waals surface area contributed by atoms with Crippen LogP contribution in [0.3, 0.4) is 0 Å². The van der Waals surface area contributed by atoms with Gasteiger partial charge in [-0.05, 0) is 24.3 Å². The van der Waals surface area contributed by atoms with Crippen LogP contribution in [0.4, 0.5) is 0 Å². The first-order valence-corrected chi connectivity index (χ1v) is 8.91. The van der Waals surface area contributed by atoms with E-state index >= 15 is 0 Å². The lowest BCUT2D eigenvalue weighted by molar-refractivity contribution is 0.419. The molecule has 4 aromatic rings. The highest BCUT2D eigenvalue weighted by Crippen LogP contribution is 2.40. The Hall–Kier alpha value is -3.88. The second-order valence-electron chi connectivity index (χ2n) is 6.28. The molecule has 0 spiro atoms. The van der Waals surface area contributed by atoms with E-state index in [0.717, 1.165) is 49.7 Å². The quantitative estimate of drug-likeness (QED) is 0.351. The first kappa shape index (κ1) is 17.5. The van der Waals surface area contributed by atoms with Crippen LogP contribution < -0.4 is 9.47 Å². The fraction of sp³-hybridized carbons (Fsp3) is 0.0769. The van der Waals surface area contributed by atoms with Gasteiger partial charge in [-0.25, -0.2) is 0 Å². The molecule has 0 N–H and O–H groups in total. The fourth-order valence-electron chi connectivity index (χ4n) is 3.54. The third kappa shape index (κ3) is 2.82. The normalized spacial score (nSPS) is 10.2. The molecule has 0 aliphatic carbocycles. The Morgan fingerprint density at radius 3 is 1.79 bits per heavy atom. The molecule has 0 amide bonds. The number of terminal acetylenes is 1. The molecule has 0 unspecified atom stereocenters. The van der Waals surface area contributed by atoms with E-state index in [1.165, 1.54) is 0 Å². The molecule has 0 heterocycles. The predicted molar refractivity (Wildman–Crippen MR) is 115 cm³/mol. The van der Waals surface area contributed by atoms with E-state index in [-0.39, 0.29) is 0 Å². The molecule has 0 saturated heterocycles. The van der Waals surface area contributed by atoms with E-state index in [1.807, 2.05) is 66.7 Å². The van der Waals surface area contributed by atoms with E-state index in [2.05, 4.69) is 17.8 Å². The van der Waals surface area contributed by atoms with Crippen molar-refractivity contribution in [1.29, 1.82) is 0 Å². The number of ether oxygens (including phenoxy) is 2. The van der Waals surface area contributed by atoms with Crippen LogP contribution in [0.25, 0.3) is 21.5 Å². The summed E-state index contributed by atoms with van der Waals surface area (Å²) in [6.45, 7) is 0. The number of rotatable bonds is 2. The van der Waals surface area contributed by atoms with Crippen molar-refractivity contribution >= 4 is 21.5 Å². The van der Waals surface area contributed by atoms with Gasteiger partial charge in [-0.2, -0.15) is 0 Å². The van der Waals surface area contributed by atoms with Crippen LogP contribution in [0, 0.1) is 24.2 Å². The van der Waals surface area contributed by atoms with Crippen molar-refractivity contribution < 1.29 is 9.47 Å². The minimum Gasteiger partial charge on any atom is -0.496 e. The lowest BCUT2D eigenvalue weighted by Gasteiger charge is -2.15. The van der Waals surface area contributed by atoms with Crippen LogP contribution >= 0.6 is 0 Å². The molecule has 0 aliphatic heterocycles. The summed E-state index contributed by atoms with van der Waals surface area (Å²) < 4.78 is 11.3. The summed E-state index contributed by atoms with van der Waals surface area (Å²) in [5.74, 6) is 11.0. The van der Waals surface area contributed by atoms with E-state index < -0.39 is 0 Å². The molecule has 0 bridgehead atoms. The van der Waals surface area contributed by atoms with Gasteiger partial charge in [0.15, 0.2) is 0 Å². The minimum absolute atomic E-state index is 0.734. The highest BCUT2D eigenvalue weighted by Gasteiger charge is 2.17. The van der Waals surface area contributed by atoms with Gasteiger partial charge in [-0.1, -0.05) is 60.2 Å². The van der Waals surface area contributed by atoms with Gasteiger partial charge in [0.1, 0.15) is 11.5 Å². The number of fused-ring (bicyclic) bond motifs is 2. The Morgan fingerprint density at radius 2 is 1.21 bits per heavy atom. The predicted octanol–water partition coefficient (Wildman–Crippen LogP) is 5.39. The maximum Gasteiger partial charge on any atom is 0.128 e. The van der Waals surface area contributed by atoms with Crippen molar-refractivity contribution in [2.24, 2.45) is 0 Å². The van der Waals surface area contributed by atoms with Crippen molar-refractivity contribution in [1.82, 2.24) is 0 Å². The van der Waals surface area contributed by atoms with Crippen LogP contribution in [0.2, 0.25) is 0 Å². The van der Waals surface area contributed by atoms with Crippen LogP contribution in [0.1, 0.15) is 16.7 Å². The molecule has 4 rings (SSSR count). The average Bonchev–Trinajstić information content (AvgIpc) is 2.76. The summed E-state index contributed by atoms with van der Waals surface area (Å²) in [7, 11) is 3.31. The number of hydrogen-bond acceptors (Lipinski definition) is 2. The van der Waals surface area contributed by atoms with Gasteiger partial charge in [0.05, 0.1) is 14.2 Å². The highest BCUT2D eigenvalue weighted by atomic mass is 16.5. The smallest absolute Gasteiger partial charge is 0.128 e. The van der Waals surface area contributed by atoms with Gasteiger partial charge >= 0.3 is 0 Å². The van der Waals surface area contributed by atoms with E-state index in [4.69, 9.17) is 15.9 Å². The van der Waals surface area contributed by atoms with Crippen molar-refractivity contribution in [3.05, 3.63) is 83.4 Å². The summed E-state index contributed by atoms with van der Waals surface area (Å²) in [4.78, 5) is 0. The molecule has 2 nitrogen and oxygen atoms in total. The number of hydrogen-bond donors (Lipinski definition) is 0. The van der Waals surface area contributed by atoms with Gasteiger partial charge < -0.3 is 9.47 Å². The molecule has 4 aromatic carbocycles. The standard InChI is InChI=1S/C26H18O2/c1-4-19-20-12-8-15-24(28-3)26(20)22(17-16-18-10-6-5-7-11-18)21-13-9-14-23(27-2)25(19)21/h1,5-15H,2-3H3. The van der Waals surface area contributed by atoms with E-state index in [0.29, 0.717) is 0 Å². The third-order valence-electron chi connectivity index (χ3n) is 4.78. The Labute approximate surface area is 164 Å². The Morgan fingerprint density at radius 1 is 0.643 bits per heavy atom. The Kier molecular flexibility index (Phi) is 4.63. The topological polar surface area (TPSA) is 18.5 Å². The number of benzene rings is 4. The highest BCUT2D eigenvalue weighted by molar-refractivity contribution is 6.13.